The van der Waals surface area contributed by atoms with Gasteiger partial charge in [-0.25, -0.2) is 4.99 Å². The first-order valence-electron chi connectivity index (χ1n) is 12.8. The number of ether oxygens (including phenoxy) is 1. The van der Waals surface area contributed by atoms with Crippen molar-refractivity contribution >= 4 is 39.7 Å². The van der Waals surface area contributed by atoms with Crippen LogP contribution in [0.1, 0.15) is 34.8 Å². The number of aliphatic imine (C=N–C) groups is 1. The highest BCUT2D eigenvalue weighted by Gasteiger charge is 2.31. The lowest BCUT2D eigenvalue weighted by Gasteiger charge is -2.28. The van der Waals surface area contributed by atoms with E-state index in [2.05, 4.69) is 31.8 Å². The zero-order valence-electron chi connectivity index (χ0n) is 20.6. The normalized spacial score (nSPS) is 19.4. The molecular formula is C28H26N6O3S. The number of carbonyl (C=O) groups excluding carboxylic acids is 1. The van der Waals surface area contributed by atoms with Gasteiger partial charge in [-0.15, -0.1) is 16.4 Å². The highest BCUT2D eigenvalue weighted by molar-refractivity contribution is 7.16. The van der Waals surface area contributed by atoms with Crippen molar-refractivity contribution in [3.05, 3.63) is 76.7 Å². The third-order valence-electron chi connectivity index (χ3n) is 6.92. The summed E-state index contributed by atoms with van der Waals surface area (Å²) < 4.78 is 11.6. The number of amides is 1. The molecule has 9 nitrogen and oxygen atoms in total. The number of fused-ring (bicyclic) bond motifs is 1. The molecule has 2 N–H and O–H groups in total. The largest absolute Gasteiger partial charge is 0.403 e. The Kier molecular flexibility index (Phi) is 5.90. The molecule has 3 aliphatic rings. The van der Waals surface area contributed by atoms with Crippen molar-refractivity contribution in [1.82, 2.24) is 10.2 Å². The smallest absolute Gasteiger partial charge is 0.317 e. The summed E-state index contributed by atoms with van der Waals surface area (Å²) in [7, 11) is 0. The molecule has 4 heterocycles. The second-order valence-corrected chi connectivity index (χ2v) is 10.6. The average Bonchev–Trinajstić information content (AvgIpc) is 3.58. The first-order valence-corrected chi connectivity index (χ1v) is 13.6. The van der Waals surface area contributed by atoms with Gasteiger partial charge in [0, 0.05) is 29.1 Å². The van der Waals surface area contributed by atoms with Crippen LogP contribution in [0.3, 0.4) is 0 Å². The van der Waals surface area contributed by atoms with E-state index in [-0.39, 0.29) is 11.9 Å². The molecule has 38 heavy (non-hydrogen) atoms. The topological polar surface area (TPSA) is 105 Å². The van der Waals surface area contributed by atoms with Gasteiger partial charge >= 0.3 is 6.01 Å². The number of para-hydroxylation sites is 1. The maximum Gasteiger partial charge on any atom is 0.317 e. The van der Waals surface area contributed by atoms with E-state index in [1.165, 1.54) is 17.7 Å². The molecule has 4 aromatic rings. The summed E-state index contributed by atoms with van der Waals surface area (Å²) in [6, 6.07) is 19.8. The van der Waals surface area contributed by atoms with Gasteiger partial charge in [0.25, 0.3) is 11.8 Å². The summed E-state index contributed by atoms with van der Waals surface area (Å²) in [6.45, 7) is 3.06. The quantitative estimate of drug-likeness (QED) is 0.374. The molecule has 1 unspecified atom stereocenters. The van der Waals surface area contributed by atoms with Gasteiger partial charge in [-0.05, 0) is 30.9 Å². The van der Waals surface area contributed by atoms with Gasteiger partial charge in [-0.1, -0.05) is 53.6 Å². The molecule has 2 aromatic carbocycles. The predicted octanol–water partition coefficient (Wildman–Crippen LogP) is 4.74. The first kappa shape index (κ1) is 23.1. The van der Waals surface area contributed by atoms with E-state index in [4.69, 9.17) is 14.1 Å². The lowest BCUT2D eigenvalue weighted by atomic mass is 10.0. The van der Waals surface area contributed by atoms with E-state index in [1.54, 1.807) is 11.3 Å². The van der Waals surface area contributed by atoms with Gasteiger partial charge in [-0.2, -0.15) is 0 Å². The Balaban J connectivity index is 1.21. The minimum Gasteiger partial charge on any atom is -0.403 e. The van der Waals surface area contributed by atoms with Crippen LogP contribution in [0.4, 0.5) is 16.7 Å². The summed E-state index contributed by atoms with van der Waals surface area (Å²) in [6.07, 6.45) is 1.49. The maximum absolute atomic E-state index is 13.2. The molecule has 0 bridgehead atoms. The number of nitrogens with zero attached hydrogens (tertiary/aromatic N) is 4. The standard InChI is InChI=1S/C28H26N6O3S/c35-25-24(30-23(18-6-2-1-3-7-18)19-8-4-5-9-21(19)29-25)31-28-33-32-26(37-28)20-16-22(17-10-11-17)38-27(20)34-12-14-36-15-13-34/h1-9,16-17,24H,10-15H2,(H,29,35)(H,31,33). The van der Waals surface area contributed by atoms with Crippen molar-refractivity contribution < 1.29 is 13.9 Å². The van der Waals surface area contributed by atoms with E-state index in [1.807, 2.05) is 54.6 Å². The van der Waals surface area contributed by atoms with Crippen molar-refractivity contribution in [2.24, 2.45) is 4.99 Å². The van der Waals surface area contributed by atoms with E-state index in [9.17, 15) is 4.79 Å². The molecule has 2 fully saturated rings. The number of morpholine rings is 1. The molecule has 0 radical (unpaired) electrons. The number of aromatic nitrogens is 2. The van der Waals surface area contributed by atoms with Crippen LogP contribution in [-0.4, -0.2) is 54.3 Å². The SMILES string of the molecule is O=C1Nc2ccccc2C(c2ccccc2)=NC1Nc1nnc(-c2cc(C3CC3)sc2N2CCOCC2)o1. The van der Waals surface area contributed by atoms with Gasteiger partial charge in [0.05, 0.1) is 30.2 Å². The molecule has 1 atom stereocenters. The van der Waals surface area contributed by atoms with Crippen LogP contribution in [0.25, 0.3) is 11.5 Å². The molecule has 1 saturated carbocycles. The molecule has 1 amide bonds. The zero-order chi connectivity index (χ0) is 25.5. The Morgan fingerprint density at radius 3 is 2.58 bits per heavy atom. The van der Waals surface area contributed by atoms with Gasteiger partial charge in [-0.3, -0.25) is 4.79 Å². The van der Waals surface area contributed by atoms with Crippen LogP contribution in [0.15, 0.2) is 70.1 Å². The monoisotopic (exact) mass is 526 g/mol. The summed E-state index contributed by atoms with van der Waals surface area (Å²) in [5, 5.41) is 15.8. The second-order valence-electron chi connectivity index (χ2n) is 9.58. The van der Waals surface area contributed by atoms with Crippen LogP contribution in [0.2, 0.25) is 0 Å². The fourth-order valence-corrected chi connectivity index (χ4v) is 6.18. The Morgan fingerprint density at radius 1 is 0.974 bits per heavy atom. The minimum absolute atomic E-state index is 0.148. The molecule has 7 rings (SSSR count). The number of anilines is 3. The van der Waals surface area contributed by atoms with E-state index >= 15 is 0 Å². The third kappa shape index (κ3) is 4.46. The Labute approximate surface area is 223 Å². The number of benzodiazepines with no additional fused rings is 1. The number of rotatable bonds is 6. The van der Waals surface area contributed by atoms with Gasteiger partial charge < -0.3 is 24.7 Å². The lowest BCUT2D eigenvalue weighted by molar-refractivity contribution is -0.116. The Morgan fingerprint density at radius 2 is 1.76 bits per heavy atom. The fraction of sp³-hybridized carbons (Fsp3) is 0.286. The van der Waals surface area contributed by atoms with Crippen LogP contribution in [0.5, 0.6) is 0 Å². The van der Waals surface area contributed by atoms with Crippen molar-refractivity contribution in [3.63, 3.8) is 0 Å². The van der Waals surface area contributed by atoms with Crippen molar-refractivity contribution in [2.75, 3.05) is 41.8 Å². The zero-order valence-corrected chi connectivity index (χ0v) is 21.4. The molecule has 2 aromatic heterocycles. The lowest BCUT2D eigenvalue weighted by Crippen LogP contribution is -2.35. The van der Waals surface area contributed by atoms with Crippen LogP contribution in [0, 0.1) is 0 Å². The highest BCUT2D eigenvalue weighted by atomic mass is 32.1. The first-order chi connectivity index (χ1) is 18.7. The number of thiophene rings is 1. The van der Waals surface area contributed by atoms with E-state index < -0.39 is 6.17 Å². The minimum atomic E-state index is -0.950. The molecule has 1 aliphatic carbocycles. The summed E-state index contributed by atoms with van der Waals surface area (Å²) >= 11 is 1.81. The molecule has 10 heteroatoms. The van der Waals surface area contributed by atoms with Gasteiger partial charge in [0.15, 0.2) is 0 Å². The molecule has 2 aliphatic heterocycles. The summed E-state index contributed by atoms with van der Waals surface area (Å²) in [4.78, 5) is 21.7. The maximum atomic E-state index is 13.2. The molecule has 192 valence electrons. The highest BCUT2D eigenvalue weighted by Crippen LogP contribution is 2.49. The van der Waals surface area contributed by atoms with Crippen LogP contribution < -0.4 is 15.5 Å². The van der Waals surface area contributed by atoms with Crippen molar-refractivity contribution in [2.45, 2.75) is 24.9 Å². The molecule has 0 spiro atoms. The number of hydrogen-bond donors (Lipinski definition) is 2. The third-order valence-corrected chi connectivity index (χ3v) is 8.28. The summed E-state index contributed by atoms with van der Waals surface area (Å²) in [5.41, 5.74) is 4.11. The number of carbonyl (C=O) groups is 1. The van der Waals surface area contributed by atoms with Crippen molar-refractivity contribution in [3.8, 4) is 11.5 Å². The summed E-state index contributed by atoms with van der Waals surface area (Å²) in [5.74, 6) is 0.751. The Hall–Kier alpha value is -4.02. The van der Waals surface area contributed by atoms with Gasteiger partial charge in [0.2, 0.25) is 6.17 Å². The second kappa shape index (κ2) is 9.70. The number of nitrogens with one attached hydrogen (secondary N) is 2. The van der Waals surface area contributed by atoms with Gasteiger partial charge in [0.1, 0.15) is 5.00 Å². The van der Waals surface area contributed by atoms with Crippen molar-refractivity contribution in [1.29, 1.82) is 0 Å². The molecule has 1 saturated heterocycles. The van der Waals surface area contributed by atoms with Crippen LogP contribution >= 0.6 is 11.3 Å². The Bertz CT molecular complexity index is 1500. The van der Waals surface area contributed by atoms with E-state index in [0.717, 1.165) is 34.8 Å². The predicted molar refractivity (Wildman–Crippen MR) is 147 cm³/mol. The van der Waals surface area contributed by atoms with E-state index in [0.29, 0.717) is 36.4 Å². The van der Waals surface area contributed by atoms with Crippen LogP contribution in [-0.2, 0) is 9.53 Å². The fourth-order valence-electron chi connectivity index (χ4n) is 4.81. The molecular weight excluding hydrogens is 500 g/mol. The average molecular weight is 527 g/mol. The number of benzene rings is 2. The number of hydrogen-bond acceptors (Lipinski definition) is 9.